The van der Waals surface area contributed by atoms with Gasteiger partial charge in [0.25, 0.3) is 0 Å². The Morgan fingerprint density at radius 3 is 3.08 bits per heavy atom. The van der Waals surface area contributed by atoms with Gasteiger partial charge in [-0.2, -0.15) is 0 Å². The van der Waals surface area contributed by atoms with E-state index in [9.17, 15) is 0 Å². The van der Waals surface area contributed by atoms with Gasteiger partial charge in [0.2, 0.25) is 0 Å². The van der Waals surface area contributed by atoms with Crippen molar-refractivity contribution in [2.45, 2.75) is 13.5 Å². The zero-order chi connectivity index (χ0) is 8.55. The molecule has 3 N–H and O–H groups in total. The van der Waals surface area contributed by atoms with E-state index >= 15 is 0 Å². The molecule has 2 rings (SSSR count). The van der Waals surface area contributed by atoms with Crippen molar-refractivity contribution in [1.82, 2.24) is 5.32 Å². The van der Waals surface area contributed by atoms with Crippen LogP contribution in [0.1, 0.15) is 11.1 Å². The first-order chi connectivity index (χ1) is 5.75. The van der Waals surface area contributed by atoms with E-state index in [0.717, 1.165) is 12.2 Å². The lowest BCUT2D eigenvalue weighted by Crippen LogP contribution is -2.34. The number of aryl methyl sites for hydroxylation is 1. The van der Waals surface area contributed by atoms with Gasteiger partial charge in [0.1, 0.15) is 0 Å². The molecule has 1 aliphatic rings. The molecule has 0 saturated carbocycles. The van der Waals surface area contributed by atoms with Crippen molar-refractivity contribution < 1.29 is 0 Å². The molecule has 0 spiro atoms. The van der Waals surface area contributed by atoms with Gasteiger partial charge in [-0.3, -0.25) is 5.41 Å². The second kappa shape index (κ2) is 2.52. The maximum atomic E-state index is 7.37. The number of fused-ring (bicyclic) bond motifs is 1. The van der Waals surface area contributed by atoms with Crippen LogP contribution in [0.5, 0.6) is 0 Å². The summed E-state index contributed by atoms with van der Waals surface area (Å²) in [6, 6.07) is 6.22. The highest BCUT2D eigenvalue weighted by atomic mass is 15.2. The van der Waals surface area contributed by atoms with Crippen LogP contribution < -0.4 is 10.6 Å². The number of anilines is 1. The Morgan fingerprint density at radius 2 is 2.25 bits per heavy atom. The van der Waals surface area contributed by atoms with E-state index in [1.165, 1.54) is 11.1 Å². The van der Waals surface area contributed by atoms with E-state index in [-0.39, 0.29) is 0 Å². The van der Waals surface area contributed by atoms with E-state index in [0.29, 0.717) is 5.96 Å². The summed E-state index contributed by atoms with van der Waals surface area (Å²) in [6.07, 6.45) is 0. The first-order valence-corrected chi connectivity index (χ1v) is 3.95. The first kappa shape index (κ1) is 7.16. The SMILES string of the molecule is Cc1ccc2c(c1)NC(=N)NC2. The molecule has 0 bridgehead atoms. The second-order valence-electron chi connectivity index (χ2n) is 3.01. The fraction of sp³-hybridized carbons (Fsp3) is 0.222. The summed E-state index contributed by atoms with van der Waals surface area (Å²) in [4.78, 5) is 0. The van der Waals surface area contributed by atoms with Crippen LogP contribution in [-0.2, 0) is 6.54 Å². The van der Waals surface area contributed by atoms with Crippen LogP contribution in [0.2, 0.25) is 0 Å². The topological polar surface area (TPSA) is 47.9 Å². The minimum absolute atomic E-state index is 0.383. The largest absolute Gasteiger partial charge is 0.352 e. The molecule has 0 radical (unpaired) electrons. The third-order valence-corrected chi connectivity index (χ3v) is 1.98. The maximum absolute atomic E-state index is 7.37. The second-order valence-corrected chi connectivity index (χ2v) is 3.01. The highest BCUT2D eigenvalue weighted by molar-refractivity contribution is 5.93. The summed E-state index contributed by atoms with van der Waals surface area (Å²) in [5, 5.41) is 13.3. The molecular formula is C9H11N3. The lowest BCUT2D eigenvalue weighted by Gasteiger charge is -2.20. The van der Waals surface area contributed by atoms with Crippen molar-refractivity contribution in [2.24, 2.45) is 0 Å². The molecule has 0 saturated heterocycles. The molecule has 1 aliphatic heterocycles. The van der Waals surface area contributed by atoms with Crippen LogP contribution in [0.15, 0.2) is 18.2 Å². The molecule has 3 heteroatoms. The number of rotatable bonds is 0. The molecule has 1 heterocycles. The predicted molar refractivity (Wildman–Crippen MR) is 49.4 cm³/mol. The van der Waals surface area contributed by atoms with Gasteiger partial charge in [0, 0.05) is 12.2 Å². The van der Waals surface area contributed by atoms with Crippen LogP contribution in [-0.4, -0.2) is 5.96 Å². The Kier molecular flexibility index (Phi) is 1.50. The Labute approximate surface area is 71.3 Å². The quantitative estimate of drug-likeness (QED) is 0.539. The van der Waals surface area contributed by atoms with E-state index in [1.807, 2.05) is 6.92 Å². The van der Waals surface area contributed by atoms with Crippen LogP contribution in [0.25, 0.3) is 0 Å². The van der Waals surface area contributed by atoms with Crippen molar-refractivity contribution in [2.75, 3.05) is 5.32 Å². The van der Waals surface area contributed by atoms with Crippen LogP contribution in [0, 0.1) is 12.3 Å². The summed E-state index contributed by atoms with van der Waals surface area (Å²) in [7, 11) is 0. The molecule has 3 nitrogen and oxygen atoms in total. The van der Waals surface area contributed by atoms with Gasteiger partial charge in [-0.15, -0.1) is 0 Å². The average molecular weight is 161 g/mol. The molecule has 0 aromatic heterocycles. The lowest BCUT2D eigenvalue weighted by molar-refractivity contribution is 0.884. The van der Waals surface area contributed by atoms with Crippen LogP contribution in [0.4, 0.5) is 5.69 Å². The summed E-state index contributed by atoms with van der Waals surface area (Å²) in [5.74, 6) is 0.383. The van der Waals surface area contributed by atoms with Crippen molar-refractivity contribution >= 4 is 11.6 Å². The predicted octanol–water partition coefficient (Wildman–Crippen LogP) is 1.44. The molecule has 0 atom stereocenters. The first-order valence-electron chi connectivity index (χ1n) is 3.95. The molecule has 62 valence electrons. The zero-order valence-electron chi connectivity index (χ0n) is 6.94. The number of hydrogen-bond donors (Lipinski definition) is 3. The Bertz CT molecular complexity index is 331. The molecule has 0 aliphatic carbocycles. The van der Waals surface area contributed by atoms with E-state index in [2.05, 4.69) is 28.8 Å². The zero-order valence-corrected chi connectivity index (χ0v) is 6.94. The standard InChI is InChI=1S/C9H11N3/c1-6-2-3-7-5-11-9(10)12-8(7)4-6/h2-4H,5H2,1H3,(H3,10,11,12). The monoisotopic (exact) mass is 161 g/mol. The highest BCUT2D eigenvalue weighted by Crippen LogP contribution is 2.19. The van der Waals surface area contributed by atoms with Crippen LogP contribution in [0.3, 0.4) is 0 Å². The summed E-state index contributed by atoms with van der Waals surface area (Å²) < 4.78 is 0. The fourth-order valence-electron chi connectivity index (χ4n) is 1.32. The number of hydrogen-bond acceptors (Lipinski definition) is 1. The smallest absolute Gasteiger partial charge is 0.193 e. The Morgan fingerprint density at radius 1 is 1.42 bits per heavy atom. The third-order valence-electron chi connectivity index (χ3n) is 1.98. The van der Waals surface area contributed by atoms with Gasteiger partial charge in [-0.25, -0.2) is 0 Å². The Balaban J connectivity index is 2.44. The van der Waals surface area contributed by atoms with E-state index in [1.54, 1.807) is 0 Å². The van der Waals surface area contributed by atoms with Crippen molar-refractivity contribution in [1.29, 1.82) is 5.41 Å². The maximum Gasteiger partial charge on any atom is 0.193 e. The highest BCUT2D eigenvalue weighted by Gasteiger charge is 2.09. The molecule has 0 unspecified atom stereocenters. The molecule has 1 aromatic rings. The molecule has 0 fully saturated rings. The molecular weight excluding hydrogens is 150 g/mol. The number of benzene rings is 1. The third kappa shape index (κ3) is 1.13. The number of nitrogens with one attached hydrogen (secondary N) is 3. The average Bonchev–Trinajstić information content (AvgIpc) is 2.03. The minimum Gasteiger partial charge on any atom is -0.352 e. The fourth-order valence-corrected chi connectivity index (χ4v) is 1.32. The van der Waals surface area contributed by atoms with Gasteiger partial charge in [-0.1, -0.05) is 12.1 Å². The van der Waals surface area contributed by atoms with Gasteiger partial charge >= 0.3 is 0 Å². The molecule has 1 aromatic carbocycles. The molecule has 12 heavy (non-hydrogen) atoms. The van der Waals surface area contributed by atoms with E-state index < -0.39 is 0 Å². The lowest BCUT2D eigenvalue weighted by atomic mass is 10.1. The van der Waals surface area contributed by atoms with Gasteiger partial charge in [-0.05, 0) is 24.1 Å². The molecule has 0 amide bonds. The van der Waals surface area contributed by atoms with E-state index in [4.69, 9.17) is 5.41 Å². The summed E-state index contributed by atoms with van der Waals surface area (Å²) in [6.45, 7) is 2.80. The van der Waals surface area contributed by atoms with Crippen molar-refractivity contribution in [3.8, 4) is 0 Å². The normalized spacial score (nSPS) is 14.6. The minimum atomic E-state index is 0.383. The van der Waals surface area contributed by atoms with Crippen molar-refractivity contribution in [3.63, 3.8) is 0 Å². The summed E-state index contributed by atoms with van der Waals surface area (Å²) in [5.41, 5.74) is 3.49. The van der Waals surface area contributed by atoms with Crippen molar-refractivity contribution in [3.05, 3.63) is 29.3 Å². The van der Waals surface area contributed by atoms with Gasteiger partial charge < -0.3 is 10.6 Å². The van der Waals surface area contributed by atoms with Gasteiger partial charge in [0.15, 0.2) is 5.96 Å². The van der Waals surface area contributed by atoms with Gasteiger partial charge in [0.05, 0.1) is 0 Å². The van der Waals surface area contributed by atoms with Crippen LogP contribution >= 0.6 is 0 Å². The summed E-state index contributed by atoms with van der Waals surface area (Å²) >= 11 is 0. The Hall–Kier alpha value is -1.51. The number of guanidine groups is 1.